The number of likely N-dealkylation sites (tertiary alicyclic amines) is 1. The third kappa shape index (κ3) is 4.14. The van der Waals surface area contributed by atoms with E-state index >= 15 is 0 Å². The number of ether oxygens (including phenoxy) is 1. The van der Waals surface area contributed by atoms with Crippen LogP contribution in [0.2, 0.25) is 0 Å². The van der Waals surface area contributed by atoms with Gasteiger partial charge in [0.25, 0.3) is 0 Å². The van der Waals surface area contributed by atoms with Gasteiger partial charge >= 0.3 is 12.6 Å². The number of nitrogens with zero attached hydrogens (tertiary/aromatic N) is 1. The van der Waals surface area contributed by atoms with Crippen LogP contribution in [0.5, 0.6) is 5.75 Å². The Labute approximate surface area is 122 Å². The molecule has 6 heteroatoms. The fourth-order valence-corrected chi connectivity index (χ4v) is 2.93. The van der Waals surface area contributed by atoms with Gasteiger partial charge in [-0.1, -0.05) is 12.1 Å². The first-order valence-corrected chi connectivity index (χ1v) is 6.99. The molecule has 0 aliphatic carbocycles. The Morgan fingerprint density at radius 3 is 2.95 bits per heavy atom. The summed E-state index contributed by atoms with van der Waals surface area (Å²) in [4.78, 5) is 13.0. The molecule has 116 valence electrons. The number of benzene rings is 1. The van der Waals surface area contributed by atoms with Gasteiger partial charge in [0.15, 0.2) is 0 Å². The topological polar surface area (TPSA) is 49.8 Å². The molecule has 1 aromatic carbocycles. The number of rotatable bonds is 6. The van der Waals surface area contributed by atoms with E-state index in [9.17, 15) is 13.6 Å². The minimum Gasteiger partial charge on any atom is -0.481 e. The number of alkyl halides is 2. The fraction of sp³-hybridized carbons (Fsp3) is 0.533. The molecule has 2 atom stereocenters. The van der Waals surface area contributed by atoms with Crippen LogP contribution >= 0.6 is 0 Å². The molecule has 0 radical (unpaired) electrons. The standard InChI is InChI=1S/C15H19F2NO3/c1-10(18-7-3-5-12(18)9-14(19)20)11-4-2-6-13(8-11)21-15(16)17/h2,4,6,8,10,12,15H,3,5,7,9H2,1H3,(H,19,20). The van der Waals surface area contributed by atoms with Gasteiger partial charge < -0.3 is 9.84 Å². The third-order valence-electron chi connectivity index (χ3n) is 3.90. The van der Waals surface area contributed by atoms with Crippen LogP contribution < -0.4 is 4.74 Å². The van der Waals surface area contributed by atoms with Crippen molar-refractivity contribution in [2.75, 3.05) is 6.54 Å². The van der Waals surface area contributed by atoms with Crippen LogP contribution in [0.1, 0.15) is 37.8 Å². The second-order valence-electron chi connectivity index (χ2n) is 5.26. The predicted molar refractivity (Wildman–Crippen MR) is 73.5 cm³/mol. The van der Waals surface area contributed by atoms with Gasteiger partial charge in [0, 0.05) is 12.1 Å². The number of carbonyl (C=O) groups is 1. The van der Waals surface area contributed by atoms with Crippen molar-refractivity contribution in [1.82, 2.24) is 4.90 Å². The van der Waals surface area contributed by atoms with Crippen molar-refractivity contribution in [3.8, 4) is 5.75 Å². The Balaban J connectivity index is 2.11. The Morgan fingerprint density at radius 2 is 2.29 bits per heavy atom. The Hall–Kier alpha value is -1.69. The number of aliphatic carboxylic acids is 1. The summed E-state index contributed by atoms with van der Waals surface area (Å²) in [5, 5.41) is 8.96. The molecule has 1 N–H and O–H groups in total. The van der Waals surface area contributed by atoms with Gasteiger partial charge in [-0.3, -0.25) is 9.69 Å². The number of carboxylic acids is 1. The summed E-state index contributed by atoms with van der Waals surface area (Å²) in [5.41, 5.74) is 0.852. The lowest BCUT2D eigenvalue weighted by Gasteiger charge is -2.30. The van der Waals surface area contributed by atoms with Crippen molar-refractivity contribution in [2.45, 2.75) is 44.9 Å². The maximum Gasteiger partial charge on any atom is 0.387 e. The first-order valence-electron chi connectivity index (χ1n) is 6.99. The molecule has 0 saturated carbocycles. The lowest BCUT2D eigenvalue weighted by Crippen LogP contribution is -2.33. The van der Waals surface area contributed by atoms with Crippen molar-refractivity contribution in [2.24, 2.45) is 0 Å². The molecular formula is C15H19F2NO3. The predicted octanol–water partition coefficient (Wildman–Crippen LogP) is 3.29. The van der Waals surface area contributed by atoms with Gasteiger partial charge in [-0.15, -0.1) is 0 Å². The molecule has 2 rings (SSSR count). The molecule has 0 aromatic heterocycles. The second-order valence-corrected chi connectivity index (χ2v) is 5.26. The first kappa shape index (κ1) is 15.7. The minimum absolute atomic E-state index is 0.00262. The largest absolute Gasteiger partial charge is 0.481 e. The summed E-state index contributed by atoms with van der Waals surface area (Å²) in [6.07, 6.45) is 1.91. The van der Waals surface area contributed by atoms with Crippen LogP contribution in [-0.2, 0) is 4.79 Å². The number of halogens is 2. The van der Waals surface area contributed by atoms with E-state index in [4.69, 9.17) is 5.11 Å². The van der Waals surface area contributed by atoms with Crippen LogP contribution in [0.4, 0.5) is 8.78 Å². The quantitative estimate of drug-likeness (QED) is 0.875. The first-order chi connectivity index (χ1) is 9.97. The zero-order chi connectivity index (χ0) is 15.4. The molecule has 21 heavy (non-hydrogen) atoms. The van der Waals surface area contributed by atoms with E-state index in [1.165, 1.54) is 6.07 Å². The fourth-order valence-electron chi connectivity index (χ4n) is 2.93. The van der Waals surface area contributed by atoms with Crippen molar-refractivity contribution < 1.29 is 23.4 Å². The summed E-state index contributed by atoms with van der Waals surface area (Å²) in [6.45, 7) is -0.0668. The lowest BCUT2D eigenvalue weighted by atomic mass is 10.0. The van der Waals surface area contributed by atoms with Crippen LogP contribution in [-0.4, -0.2) is 35.2 Å². The molecule has 1 saturated heterocycles. The highest BCUT2D eigenvalue weighted by Gasteiger charge is 2.30. The molecular weight excluding hydrogens is 280 g/mol. The van der Waals surface area contributed by atoms with Gasteiger partial charge in [-0.2, -0.15) is 8.78 Å². The molecule has 1 aliphatic rings. The molecule has 1 heterocycles. The average molecular weight is 299 g/mol. The molecule has 1 fully saturated rings. The zero-order valence-corrected chi connectivity index (χ0v) is 11.8. The smallest absolute Gasteiger partial charge is 0.387 e. The van der Waals surface area contributed by atoms with Crippen LogP contribution in [0.15, 0.2) is 24.3 Å². The molecule has 0 bridgehead atoms. The van der Waals surface area contributed by atoms with E-state index in [1.54, 1.807) is 12.1 Å². The van der Waals surface area contributed by atoms with Crippen LogP contribution in [0.25, 0.3) is 0 Å². The van der Waals surface area contributed by atoms with Gasteiger partial charge in [0.1, 0.15) is 5.75 Å². The molecule has 0 spiro atoms. The molecule has 1 aliphatic heterocycles. The van der Waals surface area contributed by atoms with E-state index in [0.29, 0.717) is 0 Å². The summed E-state index contributed by atoms with van der Waals surface area (Å²) < 4.78 is 28.9. The summed E-state index contributed by atoms with van der Waals surface area (Å²) in [7, 11) is 0. The number of hydrogen-bond acceptors (Lipinski definition) is 3. The molecule has 4 nitrogen and oxygen atoms in total. The van der Waals surface area contributed by atoms with E-state index in [1.807, 2.05) is 13.0 Å². The highest BCUT2D eigenvalue weighted by atomic mass is 19.3. The Morgan fingerprint density at radius 1 is 1.52 bits per heavy atom. The summed E-state index contributed by atoms with van der Waals surface area (Å²) >= 11 is 0. The average Bonchev–Trinajstić information content (AvgIpc) is 2.84. The normalized spacial score (nSPS) is 20.7. The van der Waals surface area contributed by atoms with Crippen molar-refractivity contribution in [3.05, 3.63) is 29.8 Å². The molecule has 0 amide bonds. The summed E-state index contributed by atoms with van der Waals surface area (Å²) in [6, 6.07) is 6.56. The highest BCUT2D eigenvalue weighted by molar-refractivity contribution is 5.67. The van der Waals surface area contributed by atoms with Gasteiger partial charge in [-0.05, 0) is 44.0 Å². The van der Waals surface area contributed by atoms with E-state index in [-0.39, 0.29) is 24.3 Å². The number of carboxylic acid groups (broad SMARTS) is 1. The Bertz CT molecular complexity index is 496. The lowest BCUT2D eigenvalue weighted by molar-refractivity contribution is -0.138. The maximum atomic E-state index is 12.3. The van der Waals surface area contributed by atoms with Gasteiger partial charge in [0.2, 0.25) is 0 Å². The SMILES string of the molecule is CC(c1cccc(OC(F)F)c1)N1CCCC1CC(=O)O. The van der Waals surface area contributed by atoms with Crippen molar-refractivity contribution in [1.29, 1.82) is 0 Å². The monoisotopic (exact) mass is 299 g/mol. The zero-order valence-electron chi connectivity index (χ0n) is 11.8. The van der Waals surface area contributed by atoms with E-state index in [0.717, 1.165) is 24.9 Å². The van der Waals surface area contributed by atoms with Crippen LogP contribution in [0, 0.1) is 0 Å². The minimum atomic E-state index is -2.85. The van der Waals surface area contributed by atoms with Crippen molar-refractivity contribution in [3.63, 3.8) is 0 Å². The van der Waals surface area contributed by atoms with E-state index < -0.39 is 12.6 Å². The maximum absolute atomic E-state index is 12.3. The third-order valence-corrected chi connectivity index (χ3v) is 3.90. The second kappa shape index (κ2) is 6.85. The number of hydrogen-bond donors (Lipinski definition) is 1. The Kier molecular flexibility index (Phi) is 5.12. The molecule has 1 aromatic rings. The van der Waals surface area contributed by atoms with Crippen molar-refractivity contribution >= 4 is 5.97 Å². The highest BCUT2D eigenvalue weighted by Crippen LogP contribution is 2.32. The molecule has 2 unspecified atom stereocenters. The van der Waals surface area contributed by atoms with Gasteiger partial charge in [-0.25, -0.2) is 0 Å². The van der Waals surface area contributed by atoms with E-state index in [2.05, 4.69) is 9.64 Å². The van der Waals surface area contributed by atoms with Gasteiger partial charge in [0.05, 0.1) is 6.42 Å². The van der Waals surface area contributed by atoms with Crippen LogP contribution in [0.3, 0.4) is 0 Å². The summed E-state index contributed by atoms with van der Waals surface area (Å²) in [5.74, 6) is -0.683.